The maximum absolute atomic E-state index is 13.9. The lowest BCUT2D eigenvalue weighted by atomic mass is 10.1. The van der Waals surface area contributed by atoms with E-state index in [4.69, 9.17) is 0 Å². The van der Waals surface area contributed by atoms with E-state index in [9.17, 15) is 18.8 Å². The summed E-state index contributed by atoms with van der Waals surface area (Å²) in [7, 11) is 3.08. The highest BCUT2D eigenvalue weighted by Crippen LogP contribution is 2.15. The van der Waals surface area contributed by atoms with Crippen LogP contribution in [0.5, 0.6) is 0 Å². The van der Waals surface area contributed by atoms with Gasteiger partial charge in [0.2, 0.25) is 0 Å². The van der Waals surface area contributed by atoms with Gasteiger partial charge in [0.25, 0.3) is 0 Å². The molecule has 3 aromatic rings. The number of halogens is 1. The molecule has 204 valence electrons. The predicted octanol–water partition coefficient (Wildman–Crippen LogP) is 5.76. The van der Waals surface area contributed by atoms with Crippen LogP contribution in [0.25, 0.3) is 10.8 Å². The number of nitrogens with zero attached hydrogens (tertiary/aromatic N) is 2. The molecule has 2 aromatic carbocycles. The first kappa shape index (κ1) is 30.4. The Labute approximate surface area is 224 Å². The molecule has 0 radical (unpaired) electrons. The third kappa shape index (κ3) is 9.57. The fourth-order valence-corrected chi connectivity index (χ4v) is 4.04. The number of carbonyl (C=O) groups is 3. The number of ether oxygens (including phenoxy) is 1. The number of methoxy groups -OCH3 is 1. The zero-order valence-electron chi connectivity index (χ0n) is 22.9. The fourth-order valence-electron chi connectivity index (χ4n) is 4.04. The average Bonchev–Trinajstić information content (AvgIpc) is 2.91. The van der Waals surface area contributed by atoms with Crippen molar-refractivity contribution in [3.63, 3.8) is 0 Å². The normalized spacial score (nSPS) is 11.2. The Hall–Kier alpha value is -3.81. The Kier molecular flexibility index (Phi) is 12.4. The molecule has 1 atom stereocenters. The molecule has 1 unspecified atom stereocenters. The van der Waals surface area contributed by atoms with E-state index in [0.717, 1.165) is 22.9 Å². The number of ketones is 1. The van der Waals surface area contributed by atoms with Crippen LogP contribution < -0.4 is 5.32 Å². The summed E-state index contributed by atoms with van der Waals surface area (Å²) in [4.78, 5) is 40.2. The van der Waals surface area contributed by atoms with Gasteiger partial charge in [0.15, 0.2) is 0 Å². The standard InChI is InChI=1S/C18H27FN2O3.C12H11NO/c1-5-15(10-7-11-16(22)24-4)21(3)18(23)20-12-14-9-6-8-13(2)17(14)19;1-9(14)6-12-7-10-4-2-3-5-11(10)8-13-12/h6,8-9,15H,5,7,10-12H2,1-4H3,(H,20,23);2-5,7-8H,6H2,1H3. The molecule has 0 bridgehead atoms. The zero-order chi connectivity index (χ0) is 28.1. The third-order valence-electron chi connectivity index (χ3n) is 6.30. The number of aryl methyl sites for hydroxylation is 1. The number of carbonyl (C=O) groups excluding carboxylic acids is 3. The number of nitrogens with one attached hydrogen (secondary N) is 1. The lowest BCUT2D eigenvalue weighted by molar-refractivity contribution is -0.140. The van der Waals surface area contributed by atoms with Gasteiger partial charge in [-0.2, -0.15) is 0 Å². The van der Waals surface area contributed by atoms with Gasteiger partial charge in [-0.15, -0.1) is 0 Å². The van der Waals surface area contributed by atoms with Crippen LogP contribution in [0, 0.1) is 12.7 Å². The van der Waals surface area contributed by atoms with Crippen molar-refractivity contribution in [1.29, 1.82) is 0 Å². The van der Waals surface area contributed by atoms with E-state index in [0.29, 0.717) is 36.8 Å². The first-order valence-electron chi connectivity index (χ1n) is 12.8. The predicted molar refractivity (Wildman–Crippen MR) is 147 cm³/mol. The van der Waals surface area contributed by atoms with E-state index in [-0.39, 0.29) is 36.2 Å². The Morgan fingerprint density at radius 3 is 2.47 bits per heavy atom. The van der Waals surface area contributed by atoms with Crippen LogP contribution >= 0.6 is 0 Å². The van der Waals surface area contributed by atoms with Gasteiger partial charge in [-0.3, -0.25) is 14.6 Å². The molecule has 0 spiro atoms. The van der Waals surface area contributed by atoms with Crippen molar-refractivity contribution >= 4 is 28.6 Å². The minimum atomic E-state index is -0.287. The topological polar surface area (TPSA) is 88.6 Å². The Morgan fingerprint density at radius 1 is 1.11 bits per heavy atom. The third-order valence-corrected chi connectivity index (χ3v) is 6.30. The zero-order valence-corrected chi connectivity index (χ0v) is 22.9. The van der Waals surface area contributed by atoms with Gasteiger partial charge in [-0.05, 0) is 50.1 Å². The molecule has 38 heavy (non-hydrogen) atoms. The molecule has 0 saturated carbocycles. The number of urea groups is 1. The molecular weight excluding hydrogens is 485 g/mol. The smallest absolute Gasteiger partial charge is 0.317 e. The second-order valence-corrected chi connectivity index (χ2v) is 9.25. The van der Waals surface area contributed by atoms with E-state index in [1.54, 1.807) is 44.0 Å². The summed E-state index contributed by atoms with van der Waals surface area (Å²) in [5.74, 6) is -0.384. The summed E-state index contributed by atoms with van der Waals surface area (Å²) in [5.41, 5.74) is 1.87. The molecule has 8 heteroatoms. The Balaban J connectivity index is 0.000000304. The number of amides is 2. The number of rotatable bonds is 10. The summed E-state index contributed by atoms with van der Waals surface area (Å²) in [6.45, 7) is 5.42. The maximum atomic E-state index is 13.9. The summed E-state index contributed by atoms with van der Waals surface area (Å²) in [6.07, 6.45) is 4.74. The number of aromatic nitrogens is 1. The number of fused-ring (bicyclic) bond motifs is 1. The molecule has 1 aromatic heterocycles. The molecule has 3 rings (SSSR count). The first-order valence-corrected chi connectivity index (χ1v) is 12.8. The Morgan fingerprint density at radius 2 is 1.82 bits per heavy atom. The fraction of sp³-hybridized carbons (Fsp3) is 0.400. The second-order valence-electron chi connectivity index (χ2n) is 9.25. The van der Waals surface area contributed by atoms with Crippen LogP contribution in [0.1, 0.15) is 56.4 Å². The molecule has 1 heterocycles. The quantitative estimate of drug-likeness (QED) is 0.341. The van der Waals surface area contributed by atoms with Crippen LogP contribution in [0.4, 0.5) is 9.18 Å². The van der Waals surface area contributed by atoms with E-state index in [1.807, 2.05) is 43.5 Å². The monoisotopic (exact) mass is 523 g/mol. The number of esters is 1. The maximum Gasteiger partial charge on any atom is 0.317 e. The van der Waals surface area contributed by atoms with Crippen molar-refractivity contribution in [2.45, 2.75) is 65.5 Å². The summed E-state index contributed by atoms with van der Waals surface area (Å²) < 4.78 is 18.6. The van der Waals surface area contributed by atoms with Crippen molar-refractivity contribution < 1.29 is 23.5 Å². The van der Waals surface area contributed by atoms with Crippen molar-refractivity contribution in [3.05, 3.63) is 77.4 Å². The van der Waals surface area contributed by atoms with Gasteiger partial charge < -0.3 is 15.0 Å². The molecule has 1 N–H and O–H groups in total. The van der Waals surface area contributed by atoms with Crippen LogP contribution in [0.15, 0.2) is 54.7 Å². The lowest BCUT2D eigenvalue weighted by Gasteiger charge is -2.27. The molecule has 2 amide bonds. The van der Waals surface area contributed by atoms with E-state index < -0.39 is 0 Å². The highest BCUT2D eigenvalue weighted by Gasteiger charge is 2.19. The minimum absolute atomic E-state index is 0.0250. The van der Waals surface area contributed by atoms with Gasteiger partial charge in [0.05, 0.1) is 7.11 Å². The SMILES string of the molecule is CC(=O)Cc1cc2ccccc2cn1.CCC(CCCC(=O)OC)N(C)C(=O)NCc1cccc(C)c1F. The van der Waals surface area contributed by atoms with E-state index >= 15 is 0 Å². The highest BCUT2D eigenvalue weighted by molar-refractivity contribution is 5.84. The van der Waals surface area contributed by atoms with Crippen molar-refractivity contribution in [1.82, 2.24) is 15.2 Å². The van der Waals surface area contributed by atoms with Crippen molar-refractivity contribution in [2.24, 2.45) is 0 Å². The summed E-state index contributed by atoms with van der Waals surface area (Å²) in [6, 6.07) is 14.9. The first-order chi connectivity index (χ1) is 18.2. The van der Waals surface area contributed by atoms with Gasteiger partial charge in [0.1, 0.15) is 11.6 Å². The molecule has 7 nitrogen and oxygen atoms in total. The van der Waals surface area contributed by atoms with Crippen molar-refractivity contribution in [3.8, 4) is 0 Å². The van der Waals surface area contributed by atoms with Crippen LogP contribution in [0.3, 0.4) is 0 Å². The van der Waals surface area contributed by atoms with Gasteiger partial charge in [0, 0.05) is 55.3 Å². The molecule has 0 aliphatic heterocycles. The molecule has 0 fully saturated rings. The number of hydrogen-bond acceptors (Lipinski definition) is 5. The summed E-state index contributed by atoms with van der Waals surface area (Å²) in [5, 5.41) is 5.00. The van der Waals surface area contributed by atoms with Gasteiger partial charge >= 0.3 is 12.0 Å². The lowest BCUT2D eigenvalue weighted by Crippen LogP contribution is -2.43. The number of pyridine rings is 1. The van der Waals surface area contributed by atoms with Crippen LogP contribution in [-0.2, 0) is 27.3 Å². The number of hydrogen-bond donors (Lipinski definition) is 1. The van der Waals surface area contributed by atoms with Crippen molar-refractivity contribution in [2.75, 3.05) is 14.2 Å². The second kappa shape index (κ2) is 15.4. The number of benzene rings is 2. The van der Waals surface area contributed by atoms with E-state index in [1.165, 1.54) is 7.11 Å². The van der Waals surface area contributed by atoms with Crippen LogP contribution in [0.2, 0.25) is 0 Å². The van der Waals surface area contributed by atoms with Crippen LogP contribution in [-0.4, -0.2) is 47.9 Å². The number of Topliss-reactive ketones (excluding diaryl/α,β-unsaturated/α-hetero) is 1. The molecular formula is C30H38FN3O4. The Bertz CT molecular complexity index is 1230. The largest absolute Gasteiger partial charge is 0.469 e. The molecule has 0 saturated heterocycles. The summed E-state index contributed by atoms with van der Waals surface area (Å²) >= 11 is 0. The van der Waals surface area contributed by atoms with E-state index in [2.05, 4.69) is 15.0 Å². The minimum Gasteiger partial charge on any atom is -0.469 e. The molecule has 0 aliphatic carbocycles. The highest BCUT2D eigenvalue weighted by atomic mass is 19.1. The van der Waals surface area contributed by atoms with Gasteiger partial charge in [-0.1, -0.05) is 49.4 Å². The average molecular weight is 524 g/mol. The molecule has 0 aliphatic rings. The van der Waals surface area contributed by atoms with Gasteiger partial charge in [-0.25, -0.2) is 9.18 Å².